The topological polar surface area (TPSA) is 138 Å². The molecular weight excluding hydrogens is 544 g/mol. The van der Waals surface area contributed by atoms with E-state index in [0.29, 0.717) is 30.6 Å². The van der Waals surface area contributed by atoms with Gasteiger partial charge < -0.3 is 30.7 Å². The summed E-state index contributed by atoms with van der Waals surface area (Å²) in [6.45, 7) is 6.29. The van der Waals surface area contributed by atoms with Gasteiger partial charge in [0.05, 0.1) is 17.0 Å². The molecule has 5 heterocycles. The first-order valence-electron chi connectivity index (χ1n) is 14.1. The van der Waals surface area contributed by atoms with E-state index in [1.165, 1.54) is 13.1 Å². The fraction of sp³-hybridized carbons (Fsp3) is 0.467. The monoisotopic (exact) mass is 575 g/mol. The number of nitriles is 1. The van der Waals surface area contributed by atoms with Crippen LogP contribution in [-0.4, -0.2) is 58.8 Å². The van der Waals surface area contributed by atoms with Crippen LogP contribution in [0.2, 0.25) is 0 Å². The number of hydrogen-bond acceptors (Lipinski definition) is 9. The van der Waals surface area contributed by atoms with Gasteiger partial charge in [-0.05, 0) is 45.2 Å². The summed E-state index contributed by atoms with van der Waals surface area (Å²) >= 11 is 0. The molecule has 10 nitrogen and oxygen atoms in total. The smallest absolute Gasteiger partial charge is 0.270 e. The SMILES string of the molecule is CNC(=O)c1nc2c3c(nc(-c4cc(N)cc(F)c4OC4(C#N)CC4)c(F)c3c1C)OC(C)C1C3CCC(C)(CN21)N3. The van der Waals surface area contributed by atoms with Crippen molar-refractivity contribution in [2.75, 3.05) is 24.2 Å². The summed E-state index contributed by atoms with van der Waals surface area (Å²) in [5, 5.41) is 16.4. The standard InChI is InChI=1S/C30H31F2N7O3/c1-13-19-20-26(36-22(13)27(40)35-4)39-12-29(3)6-5-18(38-29)24(39)14(2)41-28(20)37-23(21(19)32)16-9-15(34)10-17(31)25(16)42-30(11-33)7-8-30/h9-10,14,18,24,38H,5-8,12,34H2,1-4H3,(H,35,40). The second-order valence-corrected chi connectivity index (χ2v) is 12.2. The van der Waals surface area contributed by atoms with Gasteiger partial charge >= 0.3 is 0 Å². The van der Waals surface area contributed by atoms with Crippen molar-refractivity contribution in [1.29, 1.82) is 5.26 Å². The largest absolute Gasteiger partial charge is 0.472 e. The van der Waals surface area contributed by atoms with Crippen molar-refractivity contribution in [3.05, 3.63) is 35.0 Å². The van der Waals surface area contributed by atoms with Crippen molar-refractivity contribution in [2.24, 2.45) is 0 Å². The molecule has 1 aromatic carbocycles. The minimum Gasteiger partial charge on any atom is -0.472 e. The molecule has 1 aliphatic carbocycles. The number of hydrogen-bond donors (Lipinski definition) is 3. The molecule has 1 amide bonds. The van der Waals surface area contributed by atoms with Gasteiger partial charge in [-0.3, -0.25) is 4.79 Å². The van der Waals surface area contributed by atoms with E-state index < -0.39 is 29.2 Å². The number of piperazine rings is 1. The number of carbonyl (C=O) groups excluding carboxylic acids is 1. The van der Waals surface area contributed by atoms with Crippen LogP contribution in [0.5, 0.6) is 11.6 Å². The van der Waals surface area contributed by atoms with E-state index in [0.717, 1.165) is 18.9 Å². The summed E-state index contributed by atoms with van der Waals surface area (Å²) in [5.41, 5.74) is 4.72. The molecule has 2 saturated heterocycles. The summed E-state index contributed by atoms with van der Waals surface area (Å²) < 4.78 is 44.7. The van der Waals surface area contributed by atoms with Gasteiger partial charge in [-0.15, -0.1) is 0 Å². The van der Waals surface area contributed by atoms with Crippen molar-refractivity contribution in [3.63, 3.8) is 0 Å². The lowest BCUT2D eigenvalue weighted by atomic mass is 9.95. The Labute approximate surface area is 241 Å². The minimum atomic E-state index is -1.19. The average Bonchev–Trinajstić information content (AvgIpc) is 3.68. The molecular formula is C30H31F2N7O3. The normalized spacial score (nSPS) is 26.6. The van der Waals surface area contributed by atoms with Crippen molar-refractivity contribution in [2.45, 2.75) is 75.8 Å². The summed E-state index contributed by atoms with van der Waals surface area (Å²) in [5.74, 6) is -1.86. The maximum absolute atomic E-state index is 17.0. The summed E-state index contributed by atoms with van der Waals surface area (Å²) in [6.07, 6.45) is 2.33. The van der Waals surface area contributed by atoms with Gasteiger partial charge in [0, 0.05) is 55.2 Å². The number of nitrogens with two attached hydrogens (primary N) is 1. The molecule has 0 radical (unpaired) electrons. The zero-order valence-corrected chi connectivity index (χ0v) is 23.8. The Morgan fingerprint density at radius 3 is 2.74 bits per heavy atom. The van der Waals surface area contributed by atoms with Gasteiger partial charge in [0.2, 0.25) is 5.88 Å². The van der Waals surface area contributed by atoms with Crippen LogP contribution in [-0.2, 0) is 0 Å². The lowest BCUT2D eigenvalue weighted by Gasteiger charge is -2.46. The van der Waals surface area contributed by atoms with Gasteiger partial charge in [-0.2, -0.15) is 5.26 Å². The predicted molar refractivity (Wildman–Crippen MR) is 151 cm³/mol. The van der Waals surface area contributed by atoms with Crippen molar-refractivity contribution >= 4 is 28.2 Å². The number of ether oxygens (including phenoxy) is 2. The van der Waals surface area contributed by atoms with Gasteiger partial charge in [0.25, 0.3) is 5.91 Å². The molecule has 4 atom stereocenters. The first kappa shape index (κ1) is 26.6. The maximum atomic E-state index is 17.0. The number of aromatic nitrogens is 2. The molecule has 3 aliphatic heterocycles. The molecule has 4 unspecified atom stereocenters. The van der Waals surface area contributed by atoms with E-state index in [9.17, 15) is 10.1 Å². The Hall–Kier alpha value is -4.24. The number of amides is 1. The molecule has 2 bridgehead atoms. The van der Waals surface area contributed by atoms with E-state index in [-0.39, 0.29) is 62.8 Å². The number of nitrogen functional groups attached to an aromatic ring is 1. The van der Waals surface area contributed by atoms with Crippen LogP contribution >= 0.6 is 0 Å². The third-order valence-corrected chi connectivity index (χ3v) is 9.13. The van der Waals surface area contributed by atoms with E-state index in [1.807, 2.05) is 6.92 Å². The van der Waals surface area contributed by atoms with Crippen LogP contribution in [0.1, 0.15) is 55.6 Å². The molecule has 1 saturated carbocycles. The number of aryl methyl sites for hydroxylation is 1. The molecule has 3 aromatic rings. The Morgan fingerprint density at radius 1 is 1.29 bits per heavy atom. The Bertz CT molecular complexity index is 1740. The first-order chi connectivity index (χ1) is 20.0. The highest BCUT2D eigenvalue weighted by molar-refractivity contribution is 6.07. The number of nitrogens with one attached hydrogen (secondary N) is 2. The highest BCUT2D eigenvalue weighted by atomic mass is 19.1. The van der Waals surface area contributed by atoms with Crippen LogP contribution in [0.25, 0.3) is 22.0 Å². The first-order valence-corrected chi connectivity index (χ1v) is 14.1. The third-order valence-electron chi connectivity index (χ3n) is 9.13. The second kappa shape index (κ2) is 8.88. The van der Waals surface area contributed by atoms with Crippen LogP contribution in [0, 0.1) is 29.9 Å². The molecule has 4 aliphatic rings. The van der Waals surface area contributed by atoms with Gasteiger partial charge in [-0.25, -0.2) is 18.7 Å². The molecule has 7 rings (SSSR count). The van der Waals surface area contributed by atoms with E-state index in [2.05, 4.69) is 33.5 Å². The minimum absolute atomic E-state index is 0.0313. The highest BCUT2D eigenvalue weighted by Gasteiger charge is 2.52. The van der Waals surface area contributed by atoms with Crippen molar-refractivity contribution in [1.82, 2.24) is 20.6 Å². The number of pyridine rings is 2. The van der Waals surface area contributed by atoms with Gasteiger partial charge in [0.15, 0.2) is 23.0 Å². The lowest BCUT2D eigenvalue weighted by molar-refractivity contribution is 0.0957. The number of benzene rings is 1. The average molecular weight is 576 g/mol. The number of nitrogens with zero attached hydrogens (tertiary/aromatic N) is 4. The molecule has 218 valence electrons. The maximum Gasteiger partial charge on any atom is 0.270 e. The van der Waals surface area contributed by atoms with Gasteiger partial charge in [-0.1, -0.05) is 0 Å². The van der Waals surface area contributed by atoms with E-state index >= 15 is 8.78 Å². The molecule has 12 heteroatoms. The van der Waals surface area contributed by atoms with Crippen LogP contribution < -0.4 is 30.7 Å². The van der Waals surface area contributed by atoms with E-state index in [4.69, 9.17) is 20.2 Å². The number of halogens is 2. The zero-order chi connectivity index (χ0) is 29.7. The molecule has 4 N–H and O–H groups in total. The number of anilines is 2. The Kier molecular flexibility index (Phi) is 5.63. The summed E-state index contributed by atoms with van der Waals surface area (Å²) in [4.78, 5) is 24.7. The van der Waals surface area contributed by atoms with Crippen LogP contribution in [0.4, 0.5) is 20.3 Å². The molecule has 0 spiro atoms. The number of rotatable bonds is 4. The van der Waals surface area contributed by atoms with Crippen LogP contribution in [0.15, 0.2) is 12.1 Å². The molecule has 42 heavy (non-hydrogen) atoms. The van der Waals surface area contributed by atoms with Crippen molar-refractivity contribution < 1.29 is 23.0 Å². The predicted octanol–water partition coefficient (Wildman–Crippen LogP) is 3.74. The molecule has 3 fully saturated rings. The summed E-state index contributed by atoms with van der Waals surface area (Å²) in [7, 11) is 1.49. The lowest BCUT2D eigenvalue weighted by Crippen LogP contribution is -2.66. The Morgan fingerprint density at radius 2 is 2.05 bits per heavy atom. The van der Waals surface area contributed by atoms with Crippen LogP contribution in [0.3, 0.4) is 0 Å². The number of fused-ring (bicyclic) bond motifs is 5. The van der Waals surface area contributed by atoms with Crippen molar-refractivity contribution in [3.8, 4) is 29.0 Å². The summed E-state index contributed by atoms with van der Waals surface area (Å²) in [6, 6.07) is 4.44. The zero-order valence-electron chi connectivity index (χ0n) is 23.8. The highest BCUT2D eigenvalue weighted by Crippen LogP contribution is 2.49. The fourth-order valence-electron chi connectivity index (χ4n) is 6.90. The molecule has 2 aromatic heterocycles. The number of carbonyl (C=O) groups is 1. The van der Waals surface area contributed by atoms with Gasteiger partial charge in [0.1, 0.15) is 29.4 Å². The second-order valence-electron chi connectivity index (χ2n) is 12.2. The Balaban J connectivity index is 1.53. The van der Waals surface area contributed by atoms with E-state index in [1.54, 1.807) is 6.92 Å². The fourth-order valence-corrected chi connectivity index (χ4v) is 6.90. The quantitative estimate of drug-likeness (QED) is 0.397. The third kappa shape index (κ3) is 3.79.